The Morgan fingerprint density at radius 2 is 1.83 bits per heavy atom. The van der Waals surface area contributed by atoms with Gasteiger partial charge in [0.15, 0.2) is 0 Å². The molecule has 3 nitrogen and oxygen atoms in total. The second-order valence-electron chi connectivity index (χ2n) is 4.68. The monoisotopic (exact) mass is 266 g/mol. The van der Waals surface area contributed by atoms with Crippen molar-refractivity contribution in [2.45, 2.75) is 36.3 Å². The molecule has 98 valence electrons. The molecule has 2 rings (SSSR count). The van der Waals surface area contributed by atoms with Gasteiger partial charge in [0.05, 0.1) is 19.1 Å². The van der Waals surface area contributed by atoms with Crippen LogP contribution in [0, 0.1) is 13.8 Å². The van der Waals surface area contributed by atoms with E-state index in [0.29, 0.717) is 0 Å². The first-order chi connectivity index (χ1) is 8.52. The number of rotatable bonds is 4. The van der Waals surface area contributed by atoms with Crippen molar-refractivity contribution in [3.8, 4) is 5.75 Å². The number of hydrogen-bond donors (Lipinski definition) is 0. The van der Waals surface area contributed by atoms with E-state index in [4.69, 9.17) is 9.47 Å². The SMILES string of the molecule is COC(=O)C1(Sc2cc(C)c(C)cc2OC)CC1. The summed E-state index contributed by atoms with van der Waals surface area (Å²) in [5.41, 5.74) is 2.40. The molecule has 1 aromatic rings. The first kappa shape index (κ1) is 13.3. The zero-order valence-electron chi connectivity index (χ0n) is 11.2. The van der Waals surface area contributed by atoms with Crippen molar-refractivity contribution in [3.63, 3.8) is 0 Å². The van der Waals surface area contributed by atoms with E-state index < -0.39 is 0 Å². The van der Waals surface area contributed by atoms with Crippen LogP contribution in [-0.4, -0.2) is 24.9 Å². The first-order valence-electron chi connectivity index (χ1n) is 5.95. The fourth-order valence-corrected chi connectivity index (χ4v) is 3.23. The van der Waals surface area contributed by atoms with Crippen LogP contribution in [0.4, 0.5) is 0 Å². The van der Waals surface area contributed by atoms with Gasteiger partial charge in [-0.2, -0.15) is 0 Å². The van der Waals surface area contributed by atoms with Crippen LogP contribution < -0.4 is 4.74 Å². The smallest absolute Gasteiger partial charge is 0.322 e. The molecule has 0 amide bonds. The molecule has 0 heterocycles. The van der Waals surface area contributed by atoms with E-state index in [0.717, 1.165) is 23.5 Å². The second kappa shape index (κ2) is 4.84. The van der Waals surface area contributed by atoms with Gasteiger partial charge in [-0.25, -0.2) is 0 Å². The van der Waals surface area contributed by atoms with Crippen LogP contribution in [0.25, 0.3) is 0 Å². The lowest BCUT2D eigenvalue weighted by molar-refractivity contribution is -0.140. The minimum Gasteiger partial charge on any atom is -0.496 e. The van der Waals surface area contributed by atoms with E-state index >= 15 is 0 Å². The summed E-state index contributed by atoms with van der Waals surface area (Å²) < 4.78 is 9.89. The Bertz CT molecular complexity index is 478. The zero-order chi connectivity index (χ0) is 13.3. The lowest BCUT2D eigenvalue weighted by Gasteiger charge is -2.16. The molecule has 0 spiro atoms. The van der Waals surface area contributed by atoms with Crippen LogP contribution in [0.1, 0.15) is 24.0 Å². The van der Waals surface area contributed by atoms with E-state index in [-0.39, 0.29) is 10.7 Å². The number of benzene rings is 1. The number of carbonyl (C=O) groups is 1. The van der Waals surface area contributed by atoms with Crippen molar-refractivity contribution in [2.24, 2.45) is 0 Å². The van der Waals surface area contributed by atoms with Crippen molar-refractivity contribution in [3.05, 3.63) is 23.3 Å². The van der Waals surface area contributed by atoms with Gasteiger partial charge in [0, 0.05) is 0 Å². The molecule has 1 aliphatic rings. The molecule has 0 bridgehead atoms. The molecular weight excluding hydrogens is 248 g/mol. The molecule has 0 aliphatic heterocycles. The van der Waals surface area contributed by atoms with Gasteiger partial charge in [0.2, 0.25) is 0 Å². The third-order valence-corrected chi connectivity index (χ3v) is 4.85. The summed E-state index contributed by atoms with van der Waals surface area (Å²) in [6.07, 6.45) is 1.75. The van der Waals surface area contributed by atoms with Crippen molar-refractivity contribution in [1.82, 2.24) is 0 Å². The number of ether oxygens (including phenoxy) is 2. The average Bonchev–Trinajstić information content (AvgIpc) is 3.13. The Morgan fingerprint density at radius 1 is 1.22 bits per heavy atom. The van der Waals surface area contributed by atoms with Gasteiger partial charge < -0.3 is 9.47 Å². The Hall–Kier alpha value is -1.16. The minimum absolute atomic E-state index is 0.132. The lowest BCUT2D eigenvalue weighted by Crippen LogP contribution is -2.20. The number of esters is 1. The quantitative estimate of drug-likeness (QED) is 0.784. The average molecular weight is 266 g/mol. The summed E-state index contributed by atoms with van der Waals surface area (Å²) in [4.78, 5) is 12.8. The molecule has 1 aromatic carbocycles. The first-order valence-corrected chi connectivity index (χ1v) is 6.77. The molecule has 0 unspecified atom stereocenters. The van der Waals surface area contributed by atoms with Gasteiger partial charge in [-0.3, -0.25) is 4.79 Å². The molecule has 18 heavy (non-hydrogen) atoms. The summed E-state index contributed by atoms with van der Waals surface area (Å²) in [6.45, 7) is 4.12. The molecule has 1 fully saturated rings. The lowest BCUT2D eigenvalue weighted by atomic mass is 10.1. The maximum atomic E-state index is 11.8. The van der Waals surface area contributed by atoms with E-state index in [9.17, 15) is 4.79 Å². The second-order valence-corrected chi connectivity index (χ2v) is 6.10. The van der Waals surface area contributed by atoms with E-state index in [1.54, 1.807) is 18.9 Å². The molecule has 0 saturated heterocycles. The number of thioether (sulfide) groups is 1. The molecule has 0 radical (unpaired) electrons. The summed E-state index contributed by atoms with van der Waals surface area (Å²) in [6, 6.07) is 4.10. The van der Waals surface area contributed by atoms with Gasteiger partial charge in [-0.15, -0.1) is 11.8 Å². The van der Waals surface area contributed by atoms with E-state index in [1.165, 1.54) is 18.2 Å². The Kier molecular flexibility index (Phi) is 3.57. The van der Waals surface area contributed by atoms with E-state index in [1.807, 2.05) is 6.07 Å². The van der Waals surface area contributed by atoms with Crippen molar-refractivity contribution >= 4 is 17.7 Å². The number of methoxy groups -OCH3 is 2. The summed E-state index contributed by atoms with van der Waals surface area (Å²) in [5.74, 6) is 0.700. The molecule has 1 aliphatic carbocycles. The molecule has 0 N–H and O–H groups in total. The van der Waals surface area contributed by atoms with Crippen LogP contribution in [-0.2, 0) is 9.53 Å². The Balaban J connectivity index is 2.29. The molecule has 1 saturated carbocycles. The van der Waals surface area contributed by atoms with Gasteiger partial charge in [0.1, 0.15) is 10.5 Å². The number of carbonyl (C=O) groups excluding carboxylic acids is 1. The van der Waals surface area contributed by atoms with Crippen molar-refractivity contribution in [1.29, 1.82) is 0 Å². The fraction of sp³-hybridized carbons (Fsp3) is 0.500. The predicted molar refractivity (Wildman–Crippen MR) is 72.3 cm³/mol. The van der Waals surface area contributed by atoms with Gasteiger partial charge in [0.25, 0.3) is 0 Å². The fourth-order valence-electron chi connectivity index (χ4n) is 1.86. The van der Waals surface area contributed by atoms with Crippen LogP contribution >= 0.6 is 11.8 Å². The molecule has 0 aromatic heterocycles. The molecule has 0 atom stereocenters. The molecule has 4 heteroatoms. The van der Waals surface area contributed by atoms with E-state index in [2.05, 4.69) is 19.9 Å². The van der Waals surface area contributed by atoms with Crippen molar-refractivity contribution in [2.75, 3.05) is 14.2 Å². The van der Waals surface area contributed by atoms with Crippen LogP contribution in [0.2, 0.25) is 0 Å². The summed E-state index contributed by atoms with van der Waals surface area (Å²) in [5, 5.41) is 0. The third-order valence-electron chi connectivity index (χ3n) is 3.35. The number of aryl methyl sites for hydroxylation is 2. The predicted octanol–water partition coefficient (Wildman–Crippen LogP) is 3.11. The summed E-state index contributed by atoms with van der Waals surface area (Å²) in [7, 11) is 3.10. The highest BCUT2D eigenvalue weighted by Gasteiger charge is 2.52. The highest BCUT2D eigenvalue weighted by molar-refractivity contribution is 8.01. The standard InChI is InChI=1S/C14H18O3S/c1-9-7-11(16-3)12(8-10(9)2)18-14(5-6-14)13(15)17-4/h7-8H,5-6H2,1-4H3. The summed E-state index contributed by atoms with van der Waals surface area (Å²) >= 11 is 1.56. The Morgan fingerprint density at radius 3 is 2.33 bits per heavy atom. The van der Waals surface area contributed by atoms with Crippen LogP contribution in [0.3, 0.4) is 0 Å². The largest absolute Gasteiger partial charge is 0.496 e. The zero-order valence-corrected chi connectivity index (χ0v) is 12.0. The maximum absolute atomic E-state index is 11.8. The maximum Gasteiger partial charge on any atom is 0.322 e. The van der Waals surface area contributed by atoms with Crippen LogP contribution in [0.15, 0.2) is 17.0 Å². The topological polar surface area (TPSA) is 35.5 Å². The highest BCUT2D eigenvalue weighted by atomic mass is 32.2. The molecular formula is C14H18O3S. The normalized spacial score (nSPS) is 16.2. The van der Waals surface area contributed by atoms with Gasteiger partial charge in [-0.1, -0.05) is 0 Å². The Labute approximate surface area is 112 Å². The minimum atomic E-state index is -0.385. The van der Waals surface area contributed by atoms with Crippen molar-refractivity contribution < 1.29 is 14.3 Å². The van der Waals surface area contributed by atoms with Gasteiger partial charge in [-0.05, 0) is 49.9 Å². The van der Waals surface area contributed by atoms with Crippen LogP contribution in [0.5, 0.6) is 5.75 Å². The number of hydrogen-bond acceptors (Lipinski definition) is 4. The third kappa shape index (κ3) is 2.34. The van der Waals surface area contributed by atoms with Gasteiger partial charge >= 0.3 is 5.97 Å². The highest BCUT2D eigenvalue weighted by Crippen LogP contribution is 2.54.